The monoisotopic (exact) mass is 371 g/mol. The van der Waals surface area contributed by atoms with Crippen LogP contribution < -0.4 is 4.72 Å². The highest BCUT2D eigenvalue weighted by molar-refractivity contribution is 9.10. The van der Waals surface area contributed by atoms with Crippen LogP contribution in [0, 0.1) is 11.3 Å². The molecule has 0 aliphatic rings. The van der Waals surface area contributed by atoms with E-state index in [1.54, 1.807) is 12.1 Å². The van der Waals surface area contributed by atoms with Gasteiger partial charge in [-0.1, -0.05) is 11.6 Å². The SMILES string of the molecule is N#Cc1ccc(Cl)cc1S(=O)(=O)Nc1ccc(Br)nc1. The molecule has 0 aliphatic carbocycles. The van der Waals surface area contributed by atoms with Gasteiger partial charge in [-0.2, -0.15) is 5.26 Å². The average molecular weight is 373 g/mol. The topological polar surface area (TPSA) is 82.8 Å². The van der Waals surface area contributed by atoms with E-state index >= 15 is 0 Å². The minimum Gasteiger partial charge on any atom is -0.278 e. The van der Waals surface area contributed by atoms with Gasteiger partial charge in [0.1, 0.15) is 15.6 Å². The Kier molecular flexibility index (Phi) is 4.28. The van der Waals surface area contributed by atoms with E-state index in [0.29, 0.717) is 4.60 Å². The van der Waals surface area contributed by atoms with Gasteiger partial charge in [-0.25, -0.2) is 13.4 Å². The summed E-state index contributed by atoms with van der Waals surface area (Å²) in [5.74, 6) is 0. The molecule has 0 amide bonds. The lowest BCUT2D eigenvalue weighted by molar-refractivity contribution is 0.601. The number of hydrogen-bond donors (Lipinski definition) is 1. The molecule has 102 valence electrons. The second-order valence-electron chi connectivity index (χ2n) is 3.73. The summed E-state index contributed by atoms with van der Waals surface area (Å²) in [6, 6.07) is 9.02. The zero-order valence-electron chi connectivity index (χ0n) is 9.84. The van der Waals surface area contributed by atoms with Gasteiger partial charge in [0.25, 0.3) is 10.0 Å². The quantitative estimate of drug-likeness (QED) is 0.839. The van der Waals surface area contributed by atoms with E-state index in [9.17, 15) is 8.42 Å². The van der Waals surface area contributed by atoms with Crippen molar-refractivity contribution in [1.82, 2.24) is 4.98 Å². The third kappa shape index (κ3) is 3.28. The lowest BCUT2D eigenvalue weighted by atomic mass is 10.2. The number of nitrogens with zero attached hydrogens (tertiary/aromatic N) is 2. The molecule has 20 heavy (non-hydrogen) atoms. The van der Waals surface area contributed by atoms with Crippen molar-refractivity contribution in [2.75, 3.05) is 4.72 Å². The molecule has 0 spiro atoms. The number of hydrogen-bond acceptors (Lipinski definition) is 4. The molecule has 1 N–H and O–H groups in total. The van der Waals surface area contributed by atoms with Crippen molar-refractivity contribution in [2.24, 2.45) is 0 Å². The van der Waals surface area contributed by atoms with Crippen LogP contribution in [-0.4, -0.2) is 13.4 Å². The zero-order valence-corrected chi connectivity index (χ0v) is 13.0. The summed E-state index contributed by atoms with van der Waals surface area (Å²) in [6.45, 7) is 0. The van der Waals surface area contributed by atoms with Crippen molar-refractivity contribution in [2.45, 2.75) is 4.90 Å². The minimum absolute atomic E-state index is 0.0203. The molecule has 1 heterocycles. The number of pyridine rings is 1. The number of rotatable bonds is 3. The molecule has 0 fully saturated rings. The van der Waals surface area contributed by atoms with Crippen molar-refractivity contribution < 1.29 is 8.42 Å². The Balaban J connectivity index is 2.43. The Morgan fingerprint density at radius 3 is 2.65 bits per heavy atom. The molecule has 0 unspecified atom stereocenters. The molecule has 0 saturated heterocycles. The maximum atomic E-state index is 12.3. The first-order valence-corrected chi connectivity index (χ1v) is 7.92. The standard InChI is InChI=1S/C12H7BrClN3O2S/c13-12-4-3-10(7-16-12)17-20(18,19)11-5-9(14)2-1-8(11)6-15/h1-5,7,17H. The van der Waals surface area contributed by atoms with Crippen LogP contribution in [0.1, 0.15) is 5.56 Å². The number of benzene rings is 1. The molecule has 2 rings (SSSR count). The molecule has 0 bridgehead atoms. The highest BCUT2D eigenvalue weighted by Crippen LogP contribution is 2.23. The summed E-state index contributed by atoms with van der Waals surface area (Å²) in [4.78, 5) is 3.74. The zero-order chi connectivity index (χ0) is 14.8. The molecule has 1 aromatic heterocycles. The highest BCUT2D eigenvalue weighted by atomic mass is 79.9. The van der Waals surface area contributed by atoms with Gasteiger partial charge in [-0.05, 0) is 46.3 Å². The average Bonchev–Trinajstić information content (AvgIpc) is 2.41. The maximum Gasteiger partial charge on any atom is 0.263 e. The third-order valence-corrected chi connectivity index (χ3v) is 4.46. The predicted octanol–water partition coefficient (Wildman–Crippen LogP) is 3.17. The summed E-state index contributed by atoms with van der Waals surface area (Å²) in [6.07, 6.45) is 1.36. The van der Waals surface area contributed by atoms with Crippen LogP contribution in [0.2, 0.25) is 5.02 Å². The first kappa shape index (κ1) is 14.8. The smallest absolute Gasteiger partial charge is 0.263 e. The molecule has 1 aromatic carbocycles. The number of anilines is 1. The van der Waals surface area contributed by atoms with Gasteiger partial charge < -0.3 is 0 Å². The van der Waals surface area contributed by atoms with Gasteiger partial charge >= 0.3 is 0 Å². The van der Waals surface area contributed by atoms with E-state index in [4.69, 9.17) is 16.9 Å². The predicted molar refractivity (Wildman–Crippen MR) is 78.9 cm³/mol. The lowest BCUT2D eigenvalue weighted by Gasteiger charge is -2.09. The van der Waals surface area contributed by atoms with E-state index in [-0.39, 0.29) is 21.2 Å². The first-order valence-electron chi connectivity index (χ1n) is 5.26. The highest BCUT2D eigenvalue weighted by Gasteiger charge is 2.19. The molecule has 2 aromatic rings. The summed E-state index contributed by atoms with van der Waals surface area (Å²) in [5.41, 5.74) is 0.309. The number of nitriles is 1. The van der Waals surface area contributed by atoms with Crippen molar-refractivity contribution in [3.8, 4) is 6.07 Å². The molecular formula is C12H7BrClN3O2S. The normalized spacial score (nSPS) is 10.8. The Labute approximate surface area is 129 Å². The number of sulfonamides is 1. The number of nitrogens with one attached hydrogen (secondary N) is 1. The van der Waals surface area contributed by atoms with E-state index in [0.717, 1.165) is 0 Å². The van der Waals surface area contributed by atoms with Crippen molar-refractivity contribution >= 4 is 43.2 Å². The Bertz CT molecular complexity index is 785. The van der Waals surface area contributed by atoms with Crippen molar-refractivity contribution in [3.05, 3.63) is 51.7 Å². The summed E-state index contributed by atoms with van der Waals surface area (Å²) in [7, 11) is -3.90. The first-order chi connectivity index (χ1) is 9.42. The fourth-order valence-electron chi connectivity index (χ4n) is 1.46. The van der Waals surface area contributed by atoms with Gasteiger partial charge in [0.15, 0.2) is 0 Å². The van der Waals surface area contributed by atoms with Crippen LogP contribution in [0.5, 0.6) is 0 Å². The van der Waals surface area contributed by atoms with E-state index in [1.165, 1.54) is 24.4 Å². The van der Waals surface area contributed by atoms with Gasteiger partial charge in [0.05, 0.1) is 17.4 Å². The Hall–Kier alpha value is -1.62. The summed E-state index contributed by atoms with van der Waals surface area (Å²) >= 11 is 8.94. The van der Waals surface area contributed by atoms with Crippen LogP contribution in [-0.2, 0) is 10.0 Å². The van der Waals surface area contributed by atoms with E-state index < -0.39 is 10.0 Å². The minimum atomic E-state index is -3.90. The van der Waals surface area contributed by atoms with Crippen LogP contribution in [0.15, 0.2) is 46.0 Å². The van der Waals surface area contributed by atoms with Gasteiger partial charge in [-0.15, -0.1) is 0 Å². The van der Waals surface area contributed by atoms with Gasteiger partial charge in [0, 0.05) is 5.02 Å². The molecule has 0 saturated carbocycles. The van der Waals surface area contributed by atoms with Crippen LogP contribution >= 0.6 is 27.5 Å². The second kappa shape index (κ2) is 5.79. The van der Waals surface area contributed by atoms with Crippen molar-refractivity contribution in [1.29, 1.82) is 5.26 Å². The van der Waals surface area contributed by atoms with Crippen molar-refractivity contribution in [3.63, 3.8) is 0 Å². The van der Waals surface area contributed by atoms with E-state index in [2.05, 4.69) is 25.6 Å². The van der Waals surface area contributed by atoms with Crippen LogP contribution in [0.3, 0.4) is 0 Å². The molecule has 5 nitrogen and oxygen atoms in total. The third-order valence-electron chi connectivity index (χ3n) is 2.33. The van der Waals surface area contributed by atoms with Gasteiger partial charge in [0.2, 0.25) is 0 Å². The van der Waals surface area contributed by atoms with E-state index in [1.807, 2.05) is 6.07 Å². The number of aromatic nitrogens is 1. The largest absolute Gasteiger partial charge is 0.278 e. The molecule has 8 heteroatoms. The lowest BCUT2D eigenvalue weighted by Crippen LogP contribution is -2.14. The number of halogens is 2. The second-order valence-corrected chi connectivity index (χ2v) is 6.63. The Morgan fingerprint density at radius 2 is 2.05 bits per heavy atom. The Morgan fingerprint density at radius 1 is 1.30 bits per heavy atom. The van der Waals surface area contributed by atoms with Crippen LogP contribution in [0.4, 0.5) is 5.69 Å². The molecule has 0 aliphatic heterocycles. The van der Waals surface area contributed by atoms with Gasteiger partial charge in [-0.3, -0.25) is 4.72 Å². The summed E-state index contributed by atoms with van der Waals surface area (Å²) < 4.78 is 27.4. The molecule has 0 radical (unpaired) electrons. The fourth-order valence-corrected chi connectivity index (χ4v) is 3.15. The van der Waals surface area contributed by atoms with Crippen LogP contribution in [0.25, 0.3) is 0 Å². The maximum absolute atomic E-state index is 12.3. The molecular weight excluding hydrogens is 366 g/mol. The summed E-state index contributed by atoms with van der Waals surface area (Å²) in [5, 5.41) is 9.21. The molecule has 0 atom stereocenters. The fraction of sp³-hybridized carbons (Fsp3) is 0.